The van der Waals surface area contributed by atoms with Crippen molar-refractivity contribution in [3.63, 3.8) is 0 Å². The molecule has 0 spiro atoms. The largest absolute Gasteiger partial charge is 0.437 e. The summed E-state index contributed by atoms with van der Waals surface area (Å²) in [6.07, 6.45) is 7.01. The molecule has 1 aromatic heterocycles. The fourth-order valence-electron chi connectivity index (χ4n) is 2.56. The molecule has 3 rings (SSSR count). The fourth-order valence-corrected chi connectivity index (χ4v) is 2.56. The van der Waals surface area contributed by atoms with Crippen LogP contribution < -0.4 is 10.1 Å². The van der Waals surface area contributed by atoms with Crippen LogP contribution in [0.15, 0.2) is 30.6 Å². The van der Waals surface area contributed by atoms with E-state index in [2.05, 4.69) is 41.3 Å². The van der Waals surface area contributed by atoms with Gasteiger partial charge in [-0.1, -0.05) is 19.9 Å². The monoisotopic (exact) mass is 283 g/mol. The normalized spacial score (nSPS) is 13.5. The van der Waals surface area contributed by atoms with Gasteiger partial charge in [0.15, 0.2) is 0 Å². The van der Waals surface area contributed by atoms with Crippen LogP contribution in [0.25, 0.3) is 0 Å². The highest BCUT2D eigenvalue weighted by Crippen LogP contribution is 2.28. The molecular formula is C17H21N3O. The van der Waals surface area contributed by atoms with E-state index in [9.17, 15) is 0 Å². The van der Waals surface area contributed by atoms with Gasteiger partial charge < -0.3 is 10.1 Å². The molecule has 1 N–H and O–H groups in total. The Morgan fingerprint density at radius 2 is 2.05 bits per heavy atom. The molecule has 0 aliphatic heterocycles. The number of benzene rings is 1. The maximum Gasteiger partial charge on any atom is 0.238 e. The number of ether oxygens (including phenoxy) is 1. The van der Waals surface area contributed by atoms with Gasteiger partial charge in [0.2, 0.25) is 5.88 Å². The van der Waals surface area contributed by atoms with Crippen molar-refractivity contribution >= 4 is 0 Å². The second-order valence-corrected chi connectivity index (χ2v) is 5.77. The van der Waals surface area contributed by atoms with E-state index in [0.717, 1.165) is 17.9 Å². The molecule has 1 aromatic carbocycles. The summed E-state index contributed by atoms with van der Waals surface area (Å²) in [4.78, 5) is 8.69. The van der Waals surface area contributed by atoms with Crippen molar-refractivity contribution in [2.45, 2.75) is 45.7 Å². The van der Waals surface area contributed by atoms with Crippen LogP contribution in [-0.4, -0.2) is 16.0 Å². The number of fused-ring (bicyclic) bond motifs is 1. The van der Waals surface area contributed by atoms with E-state index in [1.165, 1.54) is 24.0 Å². The van der Waals surface area contributed by atoms with Gasteiger partial charge in [0.1, 0.15) is 5.75 Å². The summed E-state index contributed by atoms with van der Waals surface area (Å²) in [5.74, 6) is 1.40. The van der Waals surface area contributed by atoms with E-state index in [4.69, 9.17) is 4.74 Å². The van der Waals surface area contributed by atoms with Crippen molar-refractivity contribution in [2.75, 3.05) is 0 Å². The van der Waals surface area contributed by atoms with Crippen molar-refractivity contribution in [3.8, 4) is 11.6 Å². The summed E-state index contributed by atoms with van der Waals surface area (Å²) in [6.45, 7) is 4.92. The molecule has 1 heterocycles. The van der Waals surface area contributed by atoms with E-state index in [-0.39, 0.29) is 0 Å². The van der Waals surface area contributed by atoms with E-state index in [1.54, 1.807) is 12.4 Å². The fraction of sp³-hybridized carbons (Fsp3) is 0.412. The summed E-state index contributed by atoms with van der Waals surface area (Å²) in [5, 5.41) is 3.33. The topological polar surface area (TPSA) is 47.0 Å². The number of rotatable bonds is 5. The third-order valence-corrected chi connectivity index (χ3v) is 3.65. The molecule has 0 saturated heterocycles. The molecule has 0 bridgehead atoms. The number of hydrogen-bond acceptors (Lipinski definition) is 4. The lowest BCUT2D eigenvalue weighted by Gasteiger charge is -2.09. The maximum absolute atomic E-state index is 5.85. The van der Waals surface area contributed by atoms with Crippen molar-refractivity contribution < 1.29 is 4.74 Å². The van der Waals surface area contributed by atoms with Gasteiger partial charge in [-0.3, -0.25) is 4.98 Å². The Hall–Kier alpha value is -1.94. The first-order valence-electron chi connectivity index (χ1n) is 7.54. The Morgan fingerprint density at radius 3 is 2.90 bits per heavy atom. The van der Waals surface area contributed by atoms with Gasteiger partial charge in [-0.25, -0.2) is 4.98 Å². The molecule has 0 atom stereocenters. The number of hydrogen-bond donors (Lipinski definition) is 1. The number of nitrogens with zero attached hydrogens (tertiary/aromatic N) is 2. The molecule has 0 amide bonds. The minimum Gasteiger partial charge on any atom is -0.437 e. The third kappa shape index (κ3) is 3.58. The van der Waals surface area contributed by atoms with Crippen molar-refractivity contribution in [1.82, 2.24) is 15.3 Å². The zero-order valence-corrected chi connectivity index (χ0v) is 12.6. The highest BCUT2D eigenvalue weighted by molar-refractivity contribution is 5.39. The highest BCUT2D eigenvalue weighted by Gasteiger charge is 2.12. The molecule has 21 heavy (non-hydrogen) atoms. The molecular weight excluding hydrogens is 262 g/mol. The molecule has 0 saturated carbocycles. The molecule has 0 unspecified atom stereocenters. The summed E-state index contributed by atoms with van der Waals surface area (Å²) >= 11 is 0. The summed E-state index contributed by atoms with van der Waals surface area (Å²) in [6, 6.07) is 6.73. The van der Waals surface area contributed by atoms with Crippen LogP contribution in [0.4, 0.5) is 0 Å². The van der Waals surface area contributed by atoms with Gasteiger partial charge in [-0.05, 0) is 42.5 Å². The zero-order chi connectivity index (χ0) is 14.7. The van der Waals surface area contributed by atoms with Crippen LogP contribution in [0, 0.1) is 0 Å². The second-order valence-electron chi connectivity index (χ2n) is 5.77. The van der Waals surface area contributed by atoms with E-state index in [1.807, 2.05) is 6.07 Å². The molecule has 2 aromatic rings. The van der Waals surface area contributed by atoms with E-state index < -0.39 is 0 Å². The number of aryl methyl sites for hydroxylation is 2. The Morgan fingerprint density at radius 1 is 1.19 bits per heavy atom. The van der Waals surface area contributed by atoms with Crippen molar-refractivity contribution in [1.29, 1.82) is 0 Å². The zero-order valence-electron chi connectivity index (χ0n) is 12.6. The Bertz CT molecular complexity index is 625. The van der Waals surface area contributed by atoms with Gasteiger partial charge in [0, 0.05) is 18.8 Å². The lowest BCUT2D eigenvalue weighted by molar-refractivity contribution is 0.454. The van der Waals surface area contributed by atoms with Gasteiger partial charge in [-0.15, -0.1) is 0 Å². The van der Waals surface area contributed by atoms with Gasteiger partial charge in [0.25, 0.3) is 0 Å². The van der Waals surface area contributed by atoms with Crippen molar-refractivity contribution in [3.05, 3.63) is 47.4 Å². The van der Waals surface area contributed by atoms with Crippen LogP contribution in [0.3, 0.4) is 0 Å². The molecule has 110 valence electrons. The first kappa shape index (κ1) is 14.0. The SMILES string of the molecule is CC(C)NCc1cncc(Oc2ccc3c(c2)CCC3)n1. The lowest BCUT2D eigenvalue weighted by atomic mass is 10.1. The van der Waals surface area contributed by atoms with E-state index >= 15 is 0 Å². The standard InChI is InChI=1S/C17H21N3O/c1-12(2)19-10-15-9-18-11-17(20-15)21-16-7-6-13-4-3-5-14(13)8-16/h6-9,11-12,19H,3-5,10H2,1-2H3. The quantitative estimate of drug-likeness (QED) is 0.915. The van der Waals surface area contributed by atoms with E-state index in [0.29, 0.717) is 18.5 Å². The molecule has 1 aliphatic rings. The van der Waals surface area contributed by atoms with Crippen LogP contribution in [0.2, 0.25) is 0 Å². The molecule has 4 nitrogen and oxygen atoms in total. The first-order chi connectivity index (χ1) is 10.2. The summed E-state index contributed by atoms with van der Waals surface area (Å²) in [5.41, 5.74) is 3.74. The molecule has 0 fully saturated rings. The average molecular weight is 283 g/mol. The van der Waals surface area contributed by atoms with Crippen LogP contribution in [-0.2, 0) is 19.4 Å². The Kier molecular flexibility index (Phi) is 4.15. The minimum atomic E-state index is 0.424. The average Bonchev–Trinajstić information content (AvgIpc) is 2.93. The molecule has 1 aliphatic carbocycles. The second kappa shape index (κ2) is 6.22. The molecule has 4 heteroatoms. The summed E-state index contributed by atoms with van der Waals surface area (Å²) in [7, 11) is 0. The maximum atomic E-state index is 5.85. The van der Waals surface area contributed by atoms with Gasteiger partial charge >= 0.3 is 0 Å². The molecule has 0 radical (unpaired) electrons. The smallest absolute Gasteiger partial charge is 0.238 e. The first-order valence-corrected chi connectivity index (χ1v) is 7.54. The van der Waals surface area contributed by atoms with Crippen LogP contribution >= 0.6 is 0 Å². The van der Waals surface area contributed by atoms with Crippen LogP contribution in [0.1, 0.15) is 37.1 Å². The van der Waals surface area contributed by atoms with Gasteiger partial charge in [-0.2, -0.15) is 0 Å². The lowest BCUT2D eigenvalue weighted by Crippen LogP contribution is -2.22. The number of aromatic nitrogens is 2. The van der Waals surface area contributed by atoms with Gasteiger partial charge in [0.05, 0.1) is 11.9 Å². The van der Waals surface area contributed by atoms with Crippen molar-refractivity contribution in [2.24, 2.45) is 0 Å². The number of nitrogens with one attached hydrogen (secondary N) is 1. The third-order valence-electron chi connectivity index (χ3n) is 3.65. The Labute approximate surface area is 125 Å². The van der Waals surface area contributed by atoms with Crippen LogP contribution in [0.5, 0.6) is 11.6 Å². The summed E-state index contributed by atoms with van der Waals surface area (Å²) < 4.78 is 5.85. The Balaban J connectivity index is 1.71. The predicted molar refractivity (Wildman–Crippen MR) is 82.5 cm³/mol. The minimum absolute atomic E-state index is 0.424. The predicted octanol–water partition coefficient (Wildman–Crippen LogP) is 3.26. The highest BCUT2D eigenvalue weighted by atomic mass is 16.5.